The van der Waals surface area contributed by atoms with Crippen molar-refractivity contribution in [2.45, 2.75) is 48.1 Å². The van der Waals surface area contributed by atoms with Crippen LogP contribution in [0.5, 0.6) is 0 Å². The number of rotatable bonds is 2. The first kappa shape index (κ1) is 21.8. The van der Waals surface area contributed by atoms with Gasteiger partial charge in [0.25, 0.3) is 0 Å². The monoisotopic (exact) mass is 383 g/mol. The van der Waals surface area contributed by atoms with Gasteiger partial charge in [-0.3, -0.25) is 0 Å². The molecule has 1 aliphatic rings. The summed E-state index contributed by atoms with van der Waals surface area (Å²) in [5.41, 5.74) is 0.954. The molecule has 0 spiro atoms. The van der Waals surface area contributed by atoms with Crippen molar-refractivity contribution in [2.24, 2.45) is 10.9 Å². The third kappa shape index (κ3) is 7.93. The second-order valence-corrected chi connectivity index (χ2v) is 5.33. The summed E-state index contributed by atoms with van der Waals surface area (Å²) in [5, 5.41) is 0. The number of hydrogen-bond donors (Lipinski definition) is 0. The molecule has 0 N–H and O–H groups in total. The maximum atomic E-state index is 5.53. The van der Waals surface area contributed by atoms with Gasteiger partial charge in [-0.05, 0) is 24.0 Å². The second kappa shape index (κ2) is 11.2. The number of aliphatic imine (C=N–C) groups is 1. The fourth-order valence-corrected chi connectivity index (χ4v) is 1.40. The average molecular weight is 382 g/mol. The van der Waals surface area contributed by atoms with E-state index in [0.717, 1.165) is 11.5 Å². The van der Waals surface area contributed by atoms with Gasteiger partial charge in [-0.2, -0.15) is 0 Å². The van der Waals surface area contributed by atoms with Gasteiger partial charge in [-0.1, -0.05) is 60.2 Å². The summed E-state index contributed by atoms with van der Waals surface area (Å²) in [6.45, 7) is 11.3. The predicted octanol–water partition coefficient (Wildman–Crippen LogP) is 4.41. The van der Waals surface area contributed by atoms with Gasteiger partial charge in [0.05, 0.1) is 6.04 Å². The summed E-state index contributed by atoms with van der Waals surface area (Å²) >= 11 is 0. The predicted molar refractivity (Wildman–Crippen MR) is 91.3 cm³/mol. The van der Waals surface area contributed by atoms with Gasteiger partial charge in [0.2, 0.25) is 5.90 Å². The summed E-state index contributed by atoms with van der Waals surface area (Å²) in [5.74, 6) is 2.69. The Labute approximate surface area is 143 Å². The van der Waals surface area contributed by atoms with Crippen molar-refractivity contribution in [3.8, 4) is 0 Å². The van der Waals surface area contributed by atoms with Crippen LogP contribution in [0, 0.1) is 17.9 Å². The standard InChI is InChI=1S/C12H14NO.C4H9.CH4.Sn.H2/c1-9(2)11-8-14-12(13-11)10-6-4-3-5-7-10;1-4(2)3;;;/h3-6,9,11H,8H2,1-2H3;1-3H3;1H4;;1H/t11-;;;;/m1..../s1. The summed E-state index contributed by atoms with van der Waals surface area (Å²) in [7, 11) is 0. The molecule has 3 heteroatoms. The molecule has 1 heterocycles. The molecule has 2 rings (SSSR count). The minimum absolute atomic E-state index is 0. The Bertz CT molecular complexity index is 377. The molecule has 1 aliphatic heterocycles. The minimum Gasteiger partial charge on any atom is -0.475 e. The van der Waals surface area contributed by atoms with E-state index in [1.807, 2.05) is 24.3 Å². The maximum absolute atomic E-state index is 5.53. The van der Waals surface area contributed by atoms with Crippen LogP contribution in [0.1, 0.15) is 49.0 Å². The summed E-state index contributed by atoms with van der Waals surface area (Å²) < 4.78 is 5.53. The van der Waals surface area contributed by atoms with E-state index in [1.54, 1.807) is 0 Å². The Kier molecular flexibility index (Phi) is 12.2. The normalized spacial score (nSPS) is 16.4. The molecule has 0 aliphatic carbocycles. The molecule has 1 atom stereocenters. The Hall–Kier alpha value is -0.511. The van der Waals surface area contributed by atoms with Crippen LogP contribution in [-0.2, 0) is 4.74 Å². The molecule has 1 aromatic carbocycles. The van der Waals surface area contributed by atoms with Gasteiger partial charge in [-0.25, -0.2) is 4.99 Å². The van der Waals surface area contributed by atoms with Gasteiger partial charge >= 0.3 is 0 Å². The molecule has 112 valence electrons. The molecule has 0 fully saturated rings. The van der Waals surface area contributed by atoms with E-state index in [2.05, 4.69) is 45.7 Å². The zero-order valence-electron chi connectivity index (χ0n) is 12.5. The van der Waals surface area contributed by atoms with E-state index in [4.69, 9.17) is 4.74 Å². The van der Waals surface area contributed by atoms with Crippen molar-refractivity contribution in [2.75, 3.05) is 6.61 Å². The number of benzene rings is 1. The number of nitrogens with zero attached hydrogens (tertiary/aromatic N) is 1. The van der Waals surface area contributed by atoms with Crippen LogP contribution in [0.25, 0.3) is 0 Å². The van der Waals surface area contributed by atoms with Crippen molar-refractivity contribution >= 4 is 29.8 Å². The van der Waals surface area contributed by atoms with E-state index < -0.39 is 0 Å². The van der Waals surface area contributed by atoms with Crippen molar-refractivity contribution in [1.82, 2.24) is 0 Å². The van der Waals surface area contributed by atoms with E-state index in [9.17, 15) is 0 Å². The number of ether oxygens (including phenoxy) is 1. The third-order valence-corrected chi connectivity index (χ3v) is 2.38. The van der Waals surface area contributed by atoms with Gasteiger partial charge in [0, 0.05) is 30.9 Å². The quantitative estimate of drug-likeness (QED) is 0.695. The molecule has 0 unspecified atom stereocenters. The first-order valence-electron chi connectivity index (χ1n) is 6.45. The Morgan fingerprint density at radius 3 is 2.35 bits per heavy atom. The van der Waals surface area contributed by atoms with E-state index in [0.29, 0.717) is 18.6 Å². The van der Waals surface area contributed by atoms with E-state index in [-0.39, 0.29) is 32.8 Å². The first-order chi connectivity index (χ1) is 8.50. The molecule has 0 amide bonds. The largest absolute Gasteiger partial charge is 0.475 e. The molecule has 0 aromatic heterocycles. The van der Waals surface area contributed by atoms with Crippen LogP contribution >= 0.6 is 0 Å². The average Bonchev–Trinajstić information content (AvgIpc) is 2.79. The molecule has 0 saturated carbocycles. The van der Waals surface area contributed by atoms with Crippen LogP contribution in [-0.4, -0.2) is 42.5 Å². The zero-order valence-corrected chi connectivity index (χ0v) is 15.4. The SMILES string of the molecule is C.CC(C)[C@H]1COC(c2[c]cccc2)=N1.C[C](C)C.[HH].[Sn]. The maximum Gasteiger partial charge on any atom is 0.217 e. The summed E-state index contributed by atoms with van der Waals surface area (Å²) in [6, 6.07) is 11.2. The van der Waals surface area contributed by atoms with Crippen LogP contribution in [0.4, 0.5) is 0 Å². The Morgan fingerprint density at radius 1 is 1.35 bits per heavy atom. The van der Waals surface area contributed by atoms with Gasteiger partial charge in [-0.15, -0.1) is 0 Å². The fourth-order valence-electron chi connectivity index (χ4n) is 1.40. The van der Waals surface area contributed by atoms with Crippen molar-refractivity contribution in [3.05, 3.63) is 41.8 Å². The van der Waals surface area contributed by atoms with Crippen LogP contribution in [0.2, 0.25) is 0 Å². The molecular weight excluding hydrogens is 353 g/mol. The fraction of sp³-hybridized carbons (Fsp3) is 0.529. The van der Waals surface area contributed by atoms with Crippen LogP contribution < -0.4 is 0 Å². The van der Waals surface area contributed by atoms with Gasteiger partial charge in [0.1, 0.15) is 6.61 Å². The van der Waals surface area contributed by atoms with Gasteiger partial charge in [0.15, 0.2) is 0 Å². The summed E-state index contributed by atoms with van der Waals surface area (Å²) in [4.78, 5) is 4.52. The Morgan fingerprint density at radius 2 is 1.95 bits per heavy atom. The molecule has 6 radical (unpaired) electrons. The zero-order chi connectivity index (χ0) is 13.5. The smallest absolute Gasteiger partial charge is 0.217 e. The van der Waals surface area contributed by atoms with Crippen LogP contribution in [0.3, 0.4) is 0 Å². The van der Waals surface area contributed by atoms with Crippen molar-refractivity contribution < 1.29 is 6.16 Å². The Balaban J connectivity index is -0.000000417. The topological polar surface area (TPSA) is 21.6 Å². The molecule has 0 saturated heterocycles. The number of hydrogen-bond acceptors (Lipinski definition) is 2. The summed E-state index contributed by atoms with van der Waals surface area (Å²) in [6.07, 6.45) is 0. The molecule has 1 aromatic rings. The van der Waals surface area contributed by atoms with Gasteiger partial charge < -0.3 is 4.74 Å². The van der Waals surface area contributed by atoms with Crippen molar-refractivity contribution in [1.29, 1.82) is 0 Å². The van der Waals surface area contributed by atoms with Crippen LogP contribution in [0.15, 0.2) is 29.3 Å². The second-order valence-electron chi connectivity index (χ2n) is 5.33. The van der Waals surface area contributed by atoms with E-state index >= 15 is 0 Å². The molecule has 0 bridgehead atoms. The minimum atomic E-state index is 0. The molecular formula is C17H29NOSn. The van der Waals surface area contributed by atoms with Crippen molar-refractivity contribution in [3.63, 3.8) is 0 Å². The molecule has 2 nitrogen and oxygen atoms in total. The third-order valence-electron chi connectivity index (χ3n) is 2.38. The van der Waals surface area contributed by atoms with E-state index in [1.165, 1.54) is 5.92 Å². The molecule has 20 heavy (non-hydrogen) atoms. The first-order valence-corrected chi connectivity index (χ1v) is 6.45.